The molecule has 3 N–H and O–H groups in total. The summed E-state index contributed by atoms with van der Waals surface area (Å²) in [6, 6.07) is 14.7. The smallest absolute Gasteiger partial charge is 0.337 e. The summed E-state index contributed by atoms with van der Waals surface area (Å²) in [4.78, 5) is 46.4. The Kier molecular flexibility index (Phi) is 6.55. The standard InChI is InChI=1S/C24H18N4O8S/c1-13(29)21-15-6-2-3-7-16(15)22(23(21)30)26-25-19-11-10-14(28(33)34)12-20(19)37(35,36)27-18-9-5-4-8-17(18)24(31)32/h2-12,21,25,27H,1H3,(H,31,32)/b26-22-. The normalized spacial score (nSPS) is 15.8. The van der Waals surface area contributed by atoms with Gasteiger partial charge in [-0.15, -0.1) is 0 Å². The largest absolute Gasteiger partial charge is 0.478 e. The van der Waals surface area contributed by atoms with E-state index in [2.05, 4.69) is 15.2 Å². The average Bonchev–Trinajstić information content (AvgIpc) is 3.13. The Morgan fingerprint density at radius 1 is 1.03 bits per heavy atom. The summed E-state index contributed by atoms with van der Waals surface area (Å²) >= 11 is 0. The molecule has 3 aromatic carbocycles. The molecule has 37 heavy (non-hydrogen) atoms. The number of carbonyl (C=O) groups is 3. The van der Waals surface area contributed by atoms with Crippen LogP contribution in [0, 0.1) is 10.1 Å². The number of hydrazone groups is 1. The quantitative estimate of drug-likeness (QED) is 0.227. The van der Waals surface area contributed by atoms with Crippen LogP contribution in [0.25, 0.3) is 0 Å². The molecule has 13 heteroatoms. The Hall–Kier alpha value is -4.91. The molecule has 1 unspecified atom stereocenters. The Balaban J connectivity index is 1.78. The van der Waals surface area contributed by atoms with Gasteiger partial charge in [-0.25, -0.2) is 13.2 Å². The second-order valence-corrected chi connectivity index (χ2v) is 9.61. The maximum absolute atomic E-state index is 13.2. The van der Waals surface area contributed by atoms with Crippen LogP contribution < -0.4 is 10.1 Å². The molecule has 0 aromatic heterocycles. The van der Waals surface area contributed by atoms with Crippen LogP contribution in [0.2, 0.25) is 0 Å². The number of anilines is 2. The number of aromatic carboxylic acids is 1. The molecular formula is C24H18N4O8S. The zero-order valence-corrected chi connectivity index (χ0v) is 19.9. The molecule has 0 amide bonds. The van der Waals surface area contributed by atoms with Crippen molar-refractivity contribution in [1.29, 1.82) is 0 Å². The Bertz CT molecular complexity index is 1610. The minimum Gasteiger partial charge on any atom is -0.478 e. The van der Waals surface area contributed by atoms with Gasteiger partial charge in [-0.2, -0.15) is 5.10 Å². The summed E-state index contributed by atoms with van der Waals surface area (Å²) in [7, 11) is -4.59. The fraction of sp³-hybridized carbons (Fsp3) is 0.0833. The minimum absolute atomic E-state index is 0.110. The third-order valence-electron chi connectivity index (χ3n) is 5.58. The Morgan fingerprint density at radius 2 is 1.70 bits per heavy atom. The first-order valence-electron chi connectivity index (χ1n) is 10.6. The molecule has 0 bridgehead atoms. The predicted octanol–water partition coefficient (Wildman–Crippen LogP) is 3.17. The van der Waals surface area contributed by atoms with Crippen molar-refractivity contribution in [2.45, 2.75) is 17.7 Å². The first-order chi connectivity index (χ1) is 17.5. The molecule has 0 saturated carbocycles. The number of Topliss-reactive ketones (excluding diaryl/α,β-unsaturated/α-hetero) is 2. The van der Waals surface area contributed by atoms with E-state index in [1.54, 1.807) is 24.3 Å². The van der Waals surface area contributed by atoms with E-state index in [0.717, 1.165) is 18.2 Å². The first kappa shape index (κ1) is 25.2. The van der Waals surface area contributed by atoms with Crippen LogP contribution in [-0.4, -0.2) is 41.7 Å². The van der Waals surface area contributed by atoms with E-state index >= 15 is 0 Å². The molecule has 1 aliphatic carbocycles. The van der Waals surface area contributed by atoms with Gasteiger partial charge in [-0.3, -0.25) is 29.9 Å². The van der Waals surface area contributed by atoms with Crippen LogP contribution in [0.15, 0.2) is 76.7 Å². The molecule has 1 atom stereocenters. The number of hydrogen-bond acceptors (Lipinski definition) is 9. The van der Waals surface area contributed by atoms with Crippen LogP contribution in [0.5, 0.6) is 0 Å². The van der Waals surface area contributed by atoms with Gasteiger partial charge in [-0.05, 0) is 30.7 Å². The highest BCUT2D eigenvalue weighted by Crippen LogP contribution is 2.33. The van der Waals surface area contributed by atoms with Crippen LogP contribution in [0.1, 0.15) is 34.3 Å². The molecular weight excluding hydrogens is 504 g/mol. The van der Waals surface area contributed by atoms with E-state index < -0.39 is 43.2 Å². The number of ketones is 2. The van der Waals surface area contributed by atoms with Crippen molar-refractivity contribution >= 4 is 50.3 Å². The summed E-state index contributed by atoms with van der Waals surface area (Å²) in [6.45, 7) is 1.28. The van der Waals surface area contributed by atoms with Crippen molar-refractivity contribution in [3.63, 3.8) is 0 Å². The number of carbonyl (C=O) groups excluding carboxylic acids is 2. The van der Waals surface area contributed by atoms with Crippen molar-refractivity contribution in [2.75, 3.05) is 10.1 Å². The lowest BCUT2D eigenvalue weighted by atomic mass is 9.97. The highest BCUT2D eigenvalue weighted by atomic mass is 32.2. The summed E-state index contributed by atoms with van der Waals surface area (Å²) in [5.41, 5.74) is 1.84. The van der Waals surface area contributed by atoms with Gasteiger partial charge in [0.15, 0.2) is 5.78 Å². The lowest BCUT2D eigenvalue weighted by Crippen LogP contribution is -2.20. The number of carboxylic acid groups (broad SMARTS) is 1. The number of non-ortho nitro benzene ring substituents is 1. The number of para-hydroxylation sites is 1. The summed E-state index contributed by atoms with van der Waals surface area (Å²) < 4.78 is 28.6. The number of hydrogen-bond donors (Lipinski definition) is 3. The van der Waals surface area contributed by atoms with Gasteiger partial charge in [-0.1, -0.05) is 36.4 Å². The number of benzene rings is 3. The number of nitro groups is 1. The molecule has 1 aliphatic rings. The topological polar surface area (TPSA) is 185 Å². The third-order valence-corrected chi connectivity index (χ3v) is 6.99. The van der Waals surface area contributed by atoms with Crippen LogP contribution in [0.4, 0.5) is 17.1 Å². The summed E-state index contributed by atoms with van der Waals surface area (Å²) in [6.07, 6.45) is 0. The molecule has 0 radical (unpaired) electrons. The monoisotopic (exact) mass is 522 g/mol. The number of nitro benzene ring substituents is 1. The second-order valence-electron chi connectivity index (χ2n) is 7.96. The van der Waals surface area contributed by atoms with Gasteiger partial charge < -0.3 is 5.11 Å². The van der Waals surface area contributed by atoms with Gasteiger partial charge in [0, 0.05) is 17.7 Å². The van der Waals surface area contributed by atoms with Crippen LogP contribution in [0.3, 0.4) is 0 Å². The second kappa shape index (κ2) is 9.62. The van der Waals surface area contributed by atoms with E-state index in [1.165, 1.54) is 31.2 Å². The van der Waals surface area contributed by atoms with Crippen molar-refractivity contribution in [1.82, 2.24) is 0 Å². The van der Waals surface area contributed by atoms with Gasteiger partial charge in [0.25, 0.3) is 15.7 Å². The maximum atomic E-state index is 13.2. The van der Waals surface area contributed by atoms with Gasteiger partial charge in [0.1, 0.15) is 22.3 Å². The summed E-state index contributed by atoms with van der Waals surface area (Å²) in [5, 5.41) is 24.8. The van der Waals surface area contributed by atoms with Gasteiger partial charge >= 0.3 is 5.97 Å². The lowest BCUT2D eigenvalue weighted by Gasteiger charge is -2.13. The van der Waals surface area contributed by atoms with Crippen molar-refractivity contribution in [2.24, 2.45) is 5.10 Å². The fourth-order valence-corrected chi connectivity index (χ4v) is 5.16. The maximum Gasteiger partial charge on any atom is 0.337 e. The van der Waals surface area contributed by atoms with E-state index in [1.807, 2.05) is 0 Å². The molecule has 0 heterocycles. The van der Waals surface area contributed by atoms with E-state index in [-0.39, 0.29) is 28.4 Å². The van der Waals surface area contributed by atoms with E-state index in [0.29, 0.717) is 11.1 Å². The average molecular weight is 522 g/mol. The highest BCUT2D eigenvalue weighted by molar-refractivity contribution is 7.93. The third kappa shape index (κ3) is 4.79. The number of nitrogens with one attached hydrogen (secondary N) is 2. The molecule has 3 aromatic rings. The van der Waals surface area contributed by atoms with Gasteiger partial charge in [0.05, 0.1) is 21.9 Å². The van der Waals surface area contributed by atoms with Crippen molar-refractivity contribution < 1.29 is 32.8 Å². The van der Waals surface area contributed by atoms with Crippen LogP contribution in [-0.2, 0) is 19.6 Å². The minimum atomic E-state index is -4.59. The highest BCUT2D eigenvalue weighted by Gasteiger charge is 2.39. The molecule has 0 aliphatic heterocycles. The molecule has 4 rings (SSSR count). The zero-order valence-electron chi connectivity index (χ0n) is 19.0. The summed E-state index contributed by atoms with van der Waals surface area (Å²) in [5.74, 6) is -3.41. The molecule has 12 nitrogen and oxygen atoms in total. The molecule has 0 saturated heterocycles. The molecule has 0 fully saturated rings. The van der Waals surface area contributed by atoms with Crippen molar-refractivity contribution in [3.8, 4) is 0 Å². The Morgan fingerprint density at radius 3 is 2.38 bits per heavy atom. The van der Waals surface area contributed by atoms with E-state index in [9.17, 15) is 38.0 Å². The predicted molar refractivity (Wildman–Crippen MR) is 132 cm³/mol. The SMILES string of the molecule is CC(=O)C1C(=O)/C(=N\Nc2ccc([N+](=O)[O-])cc2S(=O)(=O)Nc2ccccc2C(=O)O)c2ccccc21. The molecule has 188 valence electrons. The van der Waals surface area contributed by atoms with E-state index in [4.69, 9.17) is 0 Å². The molecule has 0 spiro atoms. The number of sulfonamides is 1. The number of nitrogens with zero attached hydrogens (tertiary/aromatic N) is 2. The van der Waals surface area contributed by atoms with Gasteiger partial charge in [0.2, 0.25) is 0 Å². The lowest BCUT2D eigenvalue weighted by molar-refractivity contribution is -0.385. The zero-order chi connectivity index (χ0) is 26.9. The van der Waals surface area contributed by atoms with Crippen molar-refractivity contribution in [3.05, 3.63) is 93.5 Å². The van der Waals surface area contributed by atoms with Crippen LogP contribution >= 0.6 is 0 Å². The number of rotatable bonds is 8. The Labute approximate surface area is 209 Å². The first-order valence-corrected chi connectivity index (χ1v) is 12.1. The number of fused-ring (bicyclic) bond motifs is 1. The number of carboxylic acids is 1. The fourth-order valence-electron chi connectivity index (χ4n) is 3.91.